The van der Waals surface area contributed by atoms with Crippen molar-refractivity contribution in [1.82, 2.24) is 4.90 Å². The van der Waals surface area contributed by atoms with Gasteiger partial charge in [-0.15, -0.1) is 0 Å². The summed E-state index contributed by atoms with van der Waals surface area (Å²) in [4.78, 5) is 27.7. The van der Waals surface area contributed by atoms with Crippen LogP contribution in [0.25, 0.3) is 5.76 Å². The van der Waals surface area contributed by atoms with Crippen LogP contribution < -0.4 is 9.47 Å². The van der Waals surface area contributed by atoms with Crippen LogP contribution in [-0.2, 0) is 9.59 Å². The fourth-order valence-corrected chi connectivity index (χ4v) is 3.99. The molecule has 0 radical (unpaired) electrons. The average Bonchev–Trinajstić information content (AvgIpc) is 3.05. The second-order valence-electron chi connectivity index (χ2n) is 7.67. The van der Waals surface area contributed by atoms with Crippen LogP contribution in [0.15, 0.2) is 54.1 Å². The largest absolute Gasteiger partial charge is 0.507 e. The van der Waals surface area contributed by atoms with Gasteiger partial charge in [-0.25, -0.2) is 0 Å². The van der Waals surface area contributed by atoms with Crippen LogP contribution in [0.2, 0.25) is 0 Å². The lowest BCUT2D eigenvalue weighted by Gasteiger charge is -2.25. The molecule has 6 nitrogen and oxygen atoms in total. The Kier molecular flexibility index (Phi) is 7.92. The Morgan fingerprint density at radius 3 is 2.25 bits per heavy atom. The van der Waals surface area contributed by atoms with E-state index in [0.29, 0.717) is 36.8 Å². The standard InChI is InChI=1S/C26H31NO5/c1-4-7-8-15-27-23(18-11-9-13-20(16-18)31-5-2)22(25(29)26(27)30)24(28)19-12-10-14-21(17-19)32-6-3/h9-14,16-17,23,28H,4-8,15H2,1-3H3/b24-22-. The van der Waals surface area contributed by atoms with Gasteiger partial charge >= 0.3 is 0 Å². The van der Waals surface area contributed by atoms with Crippen molar-refractivity contribution in [2.24, 2.45) is 0 Å². The van der Waals surface area contributed by atoms with E-state index >= 15 is 0 Å². The molecule has 0 bridgehead atoms. The molecule has 1 aliphatic heterocycles. The van der Waals surface area contributed by atoms with E-state index in [1.165, 1.54) is 0 Å². The SMILES string of the molecule is CCCCCN1C(=O)C(=O)/C(=C(\O)c2cccc(OCC)c2)C1c1cccc(OCC)c1. The number of carbonyl (C=O) groups is 2. The van der Waals surface area contributed by atoms with Crippen molar-refractivity contribution in [3.8, 4) is 11.5 Å². The number of Topliss-reactive ketones (excluding diaryl/α,β-unsaturated/α-hetero) is 1. The first-order valence-corrected chi connectivity index (χ1v) is 11.3. The molecule has 1 saturated heterocycles. The zero-order chi connectivity index (χ0) is 23.1. The maximum Gasteiger partial charge on any atom is 0.295 e. The minimum atomic E-state index is -0.678. The number of aliphatic hydroxyl groups excluding tert-OH is 1. The number of hydrogen-bond donors (Lipinski definition) is 1. The first-order chi connectivity index (χ1) is 15.5. The number of hydrogen-bond acceptors (Lipinski definition) is 5. The van der Waals surface area contributed by atoms with E-state index in [0.717, 1.165) is 24.8 Å². The van der Waals surface area contributed by atoms with Crippen molar-refractivity contribution in [2.45, 2.75) is 46.1 Å². The summed E-state index contributed by atoms with van der Waals surface area (Å²) >= 11 is 0. The van der Waals surface area contributed by atoms with Gasteiger partial charge in [0.2, 0.25) is 0 Å². The molecule has 1 heterocycles. The van der Waals surface area contributed by atoms with Gasteiger partial charge in [0, 0.05) is 12.1 Å². The summed E-state index contributed by atoms with van der Waals surface area (Å²) in [6, 6.07) is 13.6. The van der Waals surface area contributed by atoms with Crippen molar-refractivity contribution in [3.63, 3.8) is 0 Å². The molecule has 0 aromatic heterocycles. The molecule has 32 heavy (non-hydrogen) atoms. The van der Waals surface area contributed by atoms with E-state index in [-0.39, 0.29) is 11.3 Å². The molecule has 1 amide bonds. The van der Waals surface area contributed by atoms with Gasteiger partial charge in [-0.2, -0.15) is 0 Å². The lowest BCUT2D eigenvalue weighted by Crippen LogP contribution is -2.30. The molecule has 1 atom stereocenters. The van der Waals surface area contributed by atoms with Crippen LogP contribution in [0, 0.1) is 0 Å². The molecule has 1 N–H and O–H groups in total. The number of likely N-dealkylation sites (tertiary alicyclic amines) is 1. The highest BCUT2D eigenvalue weighted by atomic mass is 16.5. The molecule has 0 spiro atoms. The van der Waals surface area contributed by atoms with Gasteiger partial charge in [-0.3, -0.25) is 9.59 Å². The second-order valence-corrected chi connectivity index (χ2v) is 7.67. The van der Waals surface area contributed by atoms with Gasteiger partial charge in [-0.1, -0.05) is 44.0 Å². The normalized spacial score (nSPS) is 17.6. The van der Waals surface area contributed by atoms with Crippen molar-refractivity contribution >= 4 is 17.4 Å². The fraction of sp³-hybridized carbons (Fsp3) is 0.385. The smallest absolute Gasteiger partial charge is 0.295 e. The quantitative estimate of drug-likeness (QED) is 0.242. The van der Waals surface area contributed by atoms with Gasteiger partial charge in [-0.05, 0) is 50.1 Å². The molecule has 1 fully saturated rings. The summed E-state index contributed by atoms with van der Waals surface area (Å²) < 4.78 is 11.2. The topological polar surface area (TPSA) is 76.1 Å². The van der Waals surface area contributed by atoms with Gasteiger partial charge < -0.3 is 19.5 Å². The number of ketones is 1. The third-order valence-electron chi connectivity index (χ3n) is 5.45. The van der Waals surface area contributed by atoms with Crippen LogP contribution in [0.3, 0.4) is 0 Å². The van der Waals surface area contributed by atoms with Crippen LogP contribution in [0.1, 0.15) is 57.2 Å². The van der Waals surface area contributed by atoms with Gasteiger partial charge in [0.1, 0.15) is 17.3 Å². The summed E-state index contributed by atoms with van der Waals surface area (Å²) in [5.74, 6) is -0.219. The Labute approximate surface area is 189 Å². The third kappa shape index (κ3) is 4.96. The van der Waals surface area contributed by atoms with E-state index in [1.54, 1.807) is 29.2 Å². The average molecular weight is 438 g/mol. The summed E-state index contributed by atoms with van der Waals surface area (Å²) in [5, 5.41) is 11.2. The lowest BCUT2D eigenvalue weighted by atomic mass is 9.95. The number of amides is 1. The summed E-state index contributed by atoms with van der Waals surface area (Å²) in [6.45, 7) is 7.29. The monoisotopic (exact) mass is 437 g/mol. The zero-order valence-electron chi connectivity index (χ0n) is 19.0. The molecule has 0 saturated carbocycles. The van der Waals surface area contributed by atoms with Crippen LogP contribution in [-0.4, -0.2) is 41.5 Å². The number of nitrogens with zero attached hydrogens (tertiary/aromatic N) is 1. The Morgan fingerprint density at radius 2 is 1.59 bits per heavy atom. The summed E-state index contributed by atoms with van der Waals surface area (Å²) in [5.41, 5.74) is 1.26. The number of carbonyl (C=O) groups excluding carboxylic acids is 2. The predicted octanol–water partition coefficient (Wildman–Crippen LogP) is 5.10. The Hall–Kier alpha value is -3.28. The maximum atomic E-state index is 13.1. The molecule has 1 aliphatic rings. The van der Waals surface area contributed by atoms with E-state index in [2.05, 4.69) is 6.92 Å². The van der Waals surface area contributed by atoms with Crippen LogP contribution in [0.5, 0.6) is 11.5 Å². The Balaban J connectivity index is 2.12. The lowest BCUT2D eigenvalue weighted by molar-refractivity contribution is -0.139. The molecular weight excluding hydrogens is 406 g/mol. The number of rotatable bonds is 10. The third-order valence-corrected chi connectivity index (χ3v) is 5.45. The van der Waals surface area contributed by atoms with Gasteiger partial charge in [0.25, 0.3) is 11.7 Å². The fourth-order valence-electron chi connectivity index (χ4n) is 3.99. The van der Waals surface area contributed by atoms with E-state index in [9.17, 15) is 14.7 Å². The van der Waals surface area contributed by atoms with Crippen molar-refractivity contribution in [2.75, 3.05) is 19.8 Å². The molecule has 170 valence electrons. The molecular formula is C26H31NO5. The number of aliphatic hydroxyl groups is 1. The highest BCUT2D eigenvalue weighted by Gasteiger charge is 2.45. The van der Waals surface area contributed by atoms with Crippen LogP contribution >= 0.6 is 0 Å². The number of ether oxygens (including phenoxy) is 2. The molecule has 2 aromatic rings. The summed E-state index contributed by atoms with van der Waals surface area (Å²) in [6.07, 6.45) is 2.73. The van der Waals surface area contributed by atoms with E-state index in [1.807, 2.05) is 38.1 Å². The maximum absolute atomic E-state index is 13.1. The molecule has 6 heteroatoms. The Bertz CT molecular complexity index is 997. The van der Waals surface area contributed by atoms with Crippen LogP contribution in [0.4, 0.5) is 0 Å². The van der Waals surface area contributed by atoms with Crippen molar-refractivity contribution < 1.29 is 24.2 Å². The molecule has 1 unspecified atom stereocenters. The minimum Gasteiger partial charge on any atom is -0.507 e. The van der Waals surface area contributed by atoms with E-state index in [4.69, 9.17) is 9.47 Å². The number of unbranched alkanes of at least 4 members (excludes halogenated alkanes) is 2. The van der Waals surface area contributed by atoms with E-state index < -0.39 is 17.7 Å². The highest BCUT2D eigenvalue weighted by molar-refractivity contribution is 6.46. The van der Waals surface area contributed by atoms with Gasteiger partial charge in [0.05, 0.1) is 24.8 Å². The highest BCUT2D eigenvalue weighted by Crippen LogP contribution is 2.40. The second kappa shape index (κ2) is 10.8. The molecule has 0 aliphatic carbocycles. The first kappa shape index (κ1) is 23.4. The minimum absolute atomic E-state index is 0.0915. The van der Waals surface area contributed by atoms with Crippen molar-refractivity contribution in [1.29, 1.82) is 0 Å². The van der Waals surface area contributed by atoms with Crippen molar-refractivity contribution in [3.05, 3.63) is 65.2 Å². The van der Waals surface area contributed by atoms with Gasteiger partial charge in [0.15, 0.2) is 0 Å². The first-order valence-electron chi connectivity index (χ1n) is 11.3. The predicted molar refractivity (Wildman–Crippen MR) is 124 cm³/mol. The number of benzene rings is 2. The summed E-state index contributed by atoms with van der Waals surface area (Å²) in [7, 11) is 0. The Morgan fingerprint density at radius 1 is 0.938 bits per heavy atom. The molecule has 2 aromatic carbocycles. The zero-order valence-corrected chi connectivity index (χ0v) is 19.0. The molecule has 3 rings (SSSR count).